The van der Waals surface area contributed by atoms with Crippen LogP contribution in [-0.4, -0.2) is 89.4 Å². The zero-order valence-electron chi connectivity index (χ0n) is 26.7. The van der Waals surface area contributed by atoms with E-state index in [2.05, 4.69) is 31.2 Å². The first-order chi connectivity index (χ1) is 22.5. The van der Waals surface area contributed by atoms with Gasteiger partial charge in [-0.3, -0.25) is 33.8 Å². The molecule has 14 nitrogen and oxygen atoms in total. The molecular formula is C31H44N8O6S2. The summed E-state index contributed by atoms with van der Waals surface area (Å²) >= 11 is 2.73. The molecule has 4 atom stereocenters. The van der Waals surface area contributed by atoms with Crippen LogP contribution in [0.25, 0.3) is 10.2 Å². The van der Waals surface area contributed by atoms with Gasteiger partial charge >= 0.3 is 0 Å². The molecule has 256 valence electrons. The van der Waals surface area contributed by atoms with Crippen LogP contribution in [0, 0.1) is 5.92 Å². The molecule has 2 aromatic rings. The van der Waals surface area contributed by atoms with Crippen molar-refractivity contribution in [3.63, 3.8) is 0 Å². The van der Waals surface area contributed by atoms with Gasteiger partial charge in [-0.15, -0.1) is 11.3 Å². The van der Waals surface area contributed by atoms with Gasteiger partial charge in [-0.1, -0.05) is 12.1 Å². The summed E-state index contributed by atoms with van der Waals surface area (Å²) < 4.78 is 0.853. The number of aromatic nitrogens is 1. The van der Waals surface area contributed by atoms with E-state index in [4.69, 9.17) is 11.5 Å². The monoisotopic (exact) mass is 688 g/mol. The number of carbonyl (C=O) groups is 6. The lowest BCUT2D eigenvalue weighted by Crippen LogP contribution is -2.56. The fourth-order valence-electron chi connectivity index (χ4n) is 5.19. The van der Waals surface area contributed by atoms with Crippen LogP contribution in [0.3, 0.4) is 0 Å². The van der Waals surface area contributed by atoms with Gasteiger partial charge in [-0.25, -0.2) is 4.98 Å². The van der Waals surface area contributed by atoms with Crippen molar-refractivity contribution in [3.8, 4) is 0 Å². The van der Waals surface area contributed by atoms with Crippen LogP contribution >= 0.6 is 23.1 Å². The van der Waals surface area contributed by atoms with Crippen molar-refractivity contribution in [3.05, 3.63) is 29.3 Å². The Morgan fingerprint density at radius 2 is 1.89 bits per heavy atom. The minimum atomic E-state index is -1.18. The summed E-state index contributed by atoms with van der Waals surface area (Å²) in [6.07, 6.45) is 3.72. The molecule has 1 fully saturated rings. The lowest BCUT2D eigenvalue weighted by Gasteiger charge is -2.26. The standard InChI is InChI=1S/C31H44N8O6S2/c1-18(40)36-23-17-26(42)34-13-6-5-9-20(37-28(44)22(12-15-46-2)38-29(23)45)24(41)16-19(8-7-14-35-31(32)33)27(43)30-39-21-10-3-4-11-25(21)47-30/h3-4,10-11,19-20,22-23H,5-9,12-17H2,1-2H3,(H,34,42)(H,36,40)(H,37,44)(H,38,45)(H4,32,33,35)/t19-,20+,22+,23+/m1/s1. The highest BCUT2D eigenvalue weighted by molar-refractivity contribution is 7.98. The Balaban J connectivity index is 1.85. The van der Waals surface area contributed by atoms with Crippen LogP contribution in [-0.2, 0) is 24.0 Å². The Kier molecular flexibility index (Phi) is 15.1. The van der Waals surface area contributed by atoms with Gasteiger partial charge in [0.05, 0.1) is 22.7 Å². The zero-order valence-corrected chi connectivity index (χ0v) is 28.3. The molecule has 1 aliphatic rings. The fraction of sp³-hybridized carbons (Fsp3) is 0.548. The third kappa shape index (κ3) is 12.2. The summed E-state index contributed by atoms with van der Waals surface area (Å²) in [6, 6.07) is 4.26. The largest absolute Gasteiger partial charge is 0.370 e. The van der Waals surface area contributed by atoms with Gasteiger partial charge < -0.3 is 32.7 Å². The number of carbonyl (C=O) groups excluding carboxylic acids is 6. The topological polar surface area (TPSA) is 228 Å². The number of thiazole rings is 1. The lowest BCUT2D eigenvalue weighted by atomic mass is 9.89. The Labute approximate surface area is 282 Å². The maximum absolute atomic E-state index is 13.9. The molecule has 3 rings (SSSR count). The number of ketones is 2. The molecule has 16 heteroatoms. The summed E-state index contributed by atoms with van der Waals surface area (Å²) in [4.78, 5) is 87.2. The number of benzene rings is 1. The number of nitrogens with zero attached hydrogens (tertiary/aromatic N) is 2. The molecule has 1 aliphatic heterocycles. The Hall–Kier alpha value is -4.05. The molecule has 0 radical (unpaired) electrons. The van der Waals surface area contributed by atoms with Crippen molar-refractivity contribution < 1.29 is 28.8 Å². The summed E-state index contributed by atoms with van der Waals surface area (Å²) in [7, 11) is 0. The second-order valence-corrected chi connectivity index (χ2v) is 13.4. The highest BCUT2D eigenvalue weighted by Crippen LogP contribution is 2.27. The fourth-order valence-corrected chi connectivity index (χ4v) is 6.64. The number of nitrogens with two attached hydrogens (primary N) is 2. The minimum Gasteiger partial charge on any atom is -0.370 e. The number of fused-ring (bicyclic) bond motifs is 1. The molecule has 0 aliphatic carbocycles. The SMILES string of the molecule is CSCC[C@@H]1NC(=O)[C@@H](NC(C)=O)CC(=O)NCCCC[C@@H](C(=O)C[C@@H](CCCN=C(N)N)C(=O)c2nc3ccccc3s2)NC1=O. The first-order valence-corrected chi connectivity index (χ1v) is 17.8. The number of para-hydroxylation sites is 1. The first kappa shape index (κ1) is 37.4. The van der Waals surface area contributed by atoms with Crippen molar-refractivity contribution in [2.45, 2.75) is 76.4 Å². The third-order valence-corrected chi connectivity index (χ3v) is 9.30. The van der Waals surface area contributed by atoms with Gasteiger partial charge in [0.15, 0.2) is 22.5 Å². The van der Waals surface area contributed by atoms with E-state index in [1.807, 2.05) is 30.5 Å². The number of guanidine groups is 1. The van der Waals surface area contributed by atoms with Crippen LogP contribution in [0.4, 0.5) is 0 Å². The van der Waals surface area contributed by atoms with Crippen LogP contribution in [0.2, 0.25) is 0 Å². The van der Waals surface area contributed by atoms with Gasteiger partial charge in [-0.2, -0.15) is 11.8 Å². The molecule has 1 aromatic carbocycles. The van der Waals surface area contributed by atoms with E-state index in [0.29, 0.717) is 42.0 Å². The van der Waals surface area contributed by atoms with Gasteiger partial charge in [0.25, 0.3) is 0 Å². The maximum Gasteiger partial charge on any atom is 0.243 e. The van der Waals surface area contributed by atoms with Gasteiger partial charge in [0.2, 0.25) is 23.6 Å². The molecular weight excluding hydrogens is 645 g/mol. The van der Waals surface area contributed by atoms with Crippen LogP contribution in [0.15, 0.2) is 29.3 Å². The molecule has 0 bridgehead atoms. The van der Waals surface area contributed by atoms with Gasteiger partial charge in [0, 0.05) is 32.4 Å². The Morgan fingerprint density at radius 1 is 1.13 bits per heavy atom. The molecule has 1 saturated heterocycles. The minimum absolute atomic E-state index is 0.0692. The van der Waals surface area contributed by atoms with E-state index >= 15 is 0 Å². The van der Waals surface area contributed by atoms with E-state index < -0.39 is 47.7 Å². The highest BCUT2D eigenvalue weighted by Gasteiger charge is 2.33. The second-order valence-electron chi connectivity index (χ2n) is 11.4. The quantitative estimate of drug-likeness (QED) is 0.0758. The number of amides is 4. The van der Waals surface area contributed by atoms with Crippen molar-refractivity contribution in [1.29, 1.82) is 0 Å². The second kappa shape index (κ2) is 18.9. The van der Waals surface area contributed by atoms with E-state index in [1.165, 1.54) is 30.0 Å². The molecule has 1 aromatic heterocycles. The predicted octanol–water partition coefficient (Wildman–Crippen LogP) is 1.03. The maximum atomic E-state index is 13.9. The summed E-state index contributed by atoms with van der Waals surface area (Å²) in [5, 5.41) is 11.0. The molecule has 2 heterocycles. The normalized spacial score (nSPS) is 20.2. The molecule has 0 saturated carbocycles. The van der Waals surface area contributed by atoms with E-state index in [9.17, 15) is 28.8 Å². The average molecular weight is 689 g/mol. The molecule has 47 heavy (non-hydrogen) atoms. The van der Waals surface area contributed by atoms with Crippen LogP contribution < -0.4 is 32.7 Å². The van der Waals surface area contributed by atoms with Crippen molar-refractivity contribution in [2.24, 2.45) is 22.4 Å². The molecule has 0 spiro atoms. The average Bonchev–Trinajstić information content (AvgIpc) is 3.46. The first-order valence-electron chi connectivity index (χ1n) is 15.6. The van der Waals surface area contributed by atoms with E-state index in [1.54, 1.807) is 0 Å². The Morgan fingerprint density at radius 3 is 2.60 bits per heavy atom. The van der Waals surface area contributed by atoms with Crippen LogP contribution in [0.1, 0.15) is 68.1 Å². The number of aliphatic imine (C=N–C) groups is 1. The highest BCUT2D eigenvalue weighted by atomic mass is 32.2. The number of hydrogen-bond donors (Lipinski definition) is 6. The number of hydrogen-bond acceptors (Lipinski definition) is 10. The van der Waals surface area contributed by atoms with Crippen molar-refractivity contribution in [1.82, 2.24) is 26.3 Å². The van der Waals surface area contributed by atoms with E-state index in [-0.39, 0.29) is 56.3 Å². The summed E-state index contributed by atoms with van der Waals surface area (Å²) in [5.74, 6) is -3.04. The van der Waals surface area contributed by atoms with Crippen molar-refractivity contribution >= 4 is 74.5 Å². The van der Waals surface area contributed by atoms with Crippen molar-refractivity contribution in [2.75, 3.05) is 25.1 Å². The number of thioether (sulfide) groups is 1. The number of rotatable bonds is 13. The summed E-state index contributed by atoms with van der Waals surface area (Å²) in [5.41, 5.74) is 11.6. The number of Topliss-reactive ketones (excluding diaryl/α,β-unsaturated/α-hetero) is 2. The molecule has 8 N–H and O–H groups in total. The predicted molar refractivity (Wildman–Crippen MR) is 183 cm³/mol. The van der Waals surface area contributed by atoms with Crippen LogP contribution in [0.5, 0.6) is 0 Å². The summed E-state index contributed by atoms with van der Waals surface area (Å²) in [6.45, 7) is 1.80. The molecule has 4 amide bonds. The lowest BCUT2D eigenvalue weighted by molar-refractivity contribution is -0.134. The molecule has 0 unspecified atom stereocenters. The third-order valence-electron chi connectivity index (χ3n) is 7.60. The zero-order chi connectivity index (χ0) is 34.3. The number of nitrogens with one attached hydrogen (secondary N) is 4. The Bertz CT molecular complexity index is 1430. The van der Waals surface area contributed by atoms with Gasteiger partial charge in [0.1, 0.15) is 12.1 Å². The van der Waals surface area contributed by atoms with Gasteiger partial charge in [-0.05, 0) is 62.7 Å². The van der Waals surface area contributed by atoms with E-state index in [0.717, 1.165) is 4.70 Å². The smallest absolute Gasteiger partial charge is 0.243 e.